The van der Waals surface area contributed by atoms with E-state index in [2.05, 4.69) is 32.2 Å². The van der Waals surface area contributed by atoms with Crippen LogP contribution in [0.25, 0.3) is 5.57 Å². The Balaban J connectivity index is 1.39. The van der Waals surface area contributed by atoms with E-state index in [1.165, 1.54) is 6.21 Å². The maximum absolute atomic E-state index is 10.4. The van der Waals surface area contributed by atoms with Crippen LogP contribution < -0.4 is 15.4 Å². The summed E-state index contributed by atoms with van der Waals surface area (Å²) in [7, 11) is 0. The van der Waals surface area contributed by atoms with Crippen molar-refractivity contribution < 1.29 is 4.74 Å². The van der Waals surface area contributed by atoms with E-state index in [0.717, 1.165) is 64.7 Å². The molecular weight excluding hydrogens is 564 g/mol. The fourth-order valence-corrected chi connectivity index (χ4v) is 7.20. The van der Waals surface area contributed by atoms with Gasteiger partial charge in [-0.2, -0.15) is 10.2 Å². The monoisotopic (exact) mass is 592 g/mol. The Labute approximate surface area is 247 Å². The van der Waals surface area contributed by atoms with Crippen molar-refractivity contribution in [3.05, 3.63) is 97.7 Å². The first-order valence-electron chi connectivity index (χ1n) is 13.0. The first-order valence-corrected chi connectivity index (χ1v) is 15.4. The number of ether oxygens (including phenoxy) is 1. The first-order chi connectivity index (χ1) is 19.6. The number of nitriles is 1. The third kappa shape index (κ3) is 6.33. The van der Waals surface area contributed by atoms with Crippen molar-refractivity contribution in [3.8, 4) is 11.8 Å². The molecule has 2 aromatic carbocycles. The number of thioether (sulfide) groups is 2. The van der Waals surface area contributed by atoms with Gasteiger partial charge in [0, 0.05) is 46.9 Å². The van der Waals surface area contributed by atoms with Crippen molar-refractivity contribution in [2.75, 3.05) is 32.0 Å². The molecule has 0 aromatic heterocycles. The molecule has 3 aliphatic rings. The highest BCUT2D eigenvalue weighted by atomic mass is 35.5. The average molecular weight is 593 g/mol. The number of nitroso groups, excluding NO2 is 1. The van der Waals surface area contributed by atoms with Crippen molar-refractivity contribution in [1.29, 1.82) is 10.7 Å². The van der Waals surface area contributed by atoms with Crippen molar-refractivity contribution >= 4 is 46.9 Å². The number of nitrogens with one attached hydrogen (secondary N) is 3. The minimum atomic E-state index is -0.211. The zero-order valence-corrected chi connectivity index (χ0v) is 24.1. The Morgan fingerprint density at radius 3 is 2.60 bits per heavy atom. The maximum Gasteiger partial charge on any atom is 0.121 e. The number of dihydropyridines is 1. The largest absolute Gasteiger partial charge is 0.492 e. The molecule has 8 nitrogen and oxygen atoms in total. The molecule has 0 radical (unpaired) electrons. The van der Waals surface area contributed by atoms with E-state index in [1.54, 1.807) is 23.5 Å². The molecule has 2 unspecified atom stereocenters. The van der Waals surface area contributed by atoms with E-state index in [4.69, 9.17) is 21.7 Å². The Morgan fingerprint density at radius 2 is 1.93 bits per heavy atom. The molecule has 206 valence electrons. The number of hydrogen-bond acceptors (Lipinski definition) is 10. The summed E-state index contributed by atoms with van der Waals surface area (Å²) in [4.78, 5) is 12.6. The number of halogens is 1. The molecule has 1 fully saturated rings. The fourth-order valence-electron chi connectivity index (χ4n) is 4.91. The molecule has 3 heterocycles. The summed E-state index contributed by atoms with van der Waals surface area (Å²) in [6, 6.07) is 17.8. The topological polar surface area (TPSA) is 114 Å². The standard InChI is InChI=1S/C29H29ClN6O2S2/c30-21-7-3-20(4-8-21)28-34-22(17-39-28)18-40-29-25(16-32)26(19-5-9-23(10-6-19)38-14-11-33-37)24(15-31)27(35-29)36-12-1-2-13-36/h3-10,16-17,28-29,32,34-35H,1-2,11-14,18H2. The van der Waals surface area contributed by atoms with E-state index in [9.17, 15) is 10.2 Å². The van der Waals surface area contributed by atoms with Gasteiger partial charge in [-0.3, -0.25) is 0 Å². The fraction of sp³-hybridized carbons (Fsp3) is 0.310. The second-order valence-electron chi connectivity index (χ2n) is 9.42. The molecule has 0 saturated carbocycles. The average Bonchev–Trinajstić information content (AvgIpc) is 3.69. The minimum Gasteiger partial charge on any atom is -0.492 e. The van der Waals surface area contributed by atoms with Gasteiger partial charge in [-0.25, -0.2) is 0 Å². The van der Waals surface area contributed by atoms with Crippen LogP contribution in [0.1, 0.15) is 29.3 Å². The maximum atomic E-state index is 10.4. The first kappa shape index (κ1) is 28.1. The third-order valence-electron chi connectivity index (χ3n) is 6.85. The van der Waals surface area contributed by atoms with Crippen LogP contribution in [0, 0.1) is 21.6 Å². The summed E-state index contributed by atoms with van der Waals surface area (Å²) < 4.78 is 5.58. The number of benzene rings is 2. The number of allylic oxidation sites excluding steroid dienone is 2. The van der Waals surface area contributed by atoms with Gasteiger partial charge in [0.2, 0.25) is 0 Å². The molecule has 0 aliphatic carbocycles. The van der Waals surface area contributed by atoms with Crippen LogP contribution in [0.3, 0.4) is 0 Å². The summed E-state index contributed by atoms with van der Waals surface area (Å²) >= 11 is 9.49. The highest BCUT2D eigenvalue weighted by Gasteiger charge is 2.33. The van der Waals surface area contributed by atoms with Gasteiger partial charge in [0.05, 0.1) is 0 Å². The van der Waals surface area contributed by atoms with Crippen LogP contribution in [0.4, 0.5) is 0 Å². The van der Waals surface area contributed by atoms with Crippen molar-refractivity contribution in [2.45, 2.75) is 23.6 Å². The number of likely N-dealkylation sites (tertiary alicyclic amines) is 1. The van der Waals surface area contributed by atoms with E-state index in [-0.39, 0.29) is 23.9 Å². The quantitative estimate of drug-likeness (QED) is 0.159. The lowest BCUT2D eigenvalue weighted by atomic mass is 9.91. The second kappa shape index (κ2) is 13.3. The van der Waals surface area contributed by atoms with Crippen LogP contribution in [0.15, 0.2) is 81.8 Å². The van der Waals surface area contributed by atoms with Gasteiger partial charge in [0.15, 0.2) is 0 Å². The molecular formula is C29H29ClN6O2S2. The summed E-state index contributed by atoms with van der Waals surface area (Å²) in [5, 5.41) is 31.5. The molecule has 3 aliphatic heterocycles. The van der Waals surface area contributed by atoms with Gasteiger partial charge in [0.1, 0.15) is 47.1 Å². The predicted octanol–water partition coefficient (Wildman–Crippen LogP) is 6.26. The van der Waals surface area contributed by atoms with Gasteiger partial charge < -0.3 is 25.7 Å². The summed E-state index contributed by atoms with van der Waals surface area (Å²) in [6.07, 6.45) is 3.53. The van der Waals surface area contributed by atoms with Crippen LogP contribution in [0.5, 0.6) is 5.75 Å². The third-order valence-corrected chi connectivity index (χ3v) is 9.37. The molecule has 5 rings (SSSR count). The van der Waals surface area contributed by atoms with Gasteiger partial charge >= 0.3 is 0 Å². The second-order valence-corrected chi connectivity index (χ2v) is 11.9. The van der Waals surface area contributed by atoms with Crippen LogP contribution in [-0.4, -0.2) is 48.5 Å². The lowest BCUT2D eigenvalue weighted by molar-refractivity contribution is 0.328. The summed E-state index contributed by atoms with van der Waals surface area (Å²) in [6.45, 7) is 2.08. The normalized spacial score (nSPS) is 20.5. The molecule has 11 heteroatoms. The number of hydrogen-bond donors (Lipinski definition) is 3. The Bertz CT molecular complexity index is 1380. The zero-order valence-electron chi connectivity index (χ0n) is 21.7. The molecule has 0 bridgehead atoms. The lowest BCUT2D eigenvalue weighted by Crippen LogP contribution is -2.41. The molecule has 2 aromatic rings. The van der Waals surface area contributed by atoms with Crippen LogP contribution in [-0.2, 0) is 0 Å². The Kier molecular flexibility index (Phi) is 9.37. The van der Waals surface area contributed by atoms with Crippen molar-refractivity contribution in [3.63, 3.8) is 0 Å². The van der Waals surface area contributed by atoms with E-state index in [0.29, 0.717) is 17.1 Å². The SMILES string of the molecule is N#CC1=C(N2CCCC2)NC(SCC2=CSC(c3ccc(Cl)cc3)N2)C(C=N)=C1c1ccc(OCCN=O)cc1. The van der Waals surface area contributed by atoms with E-state index >= 15 is 0 Å². The molecule has 40 heavy (non-hydrogen) atoms. The molecule has 1 saturated heterocycles. The lowest BCUT2D eigenvalue weighted by Gasteiger charge is -2.35. The van der Waals surface area contributed by atoms with E-state index in [1.807, 2.05) is 48.5 Å². The zero-order chi connectivity index (χ0) is 27.9. The predicted molar refractivity (Wildman–Crippen MR) is 164 cm³/mol. The Hall–Kier alpha value is -3.39. The smallest absolute Gasteiger partial charge is 0.121 e. The van der Waals surface area contributed by atoms with Crippen LogP contribution in [0.2, 0.25) is 5.02 Å². The van der Waals surface area contributed by atoms with Gasteiger partial charge in [-0.05, 0) is 53.6 Å². The highest BCUT2D eigenvalue weighted by Crippen LogP contribution is 2.40. The van der Waals surface area contributed by atoms with Gasteiger partial charge in [-0.1, -0.05) is 41.0 Å². The molecule has 0 spiro atoms. The molecule has 2 atom stereocenters. The van der Waals surface area contributed by atoms with Gasteiger partial charge in [-0.15, -0.1) is 23.5 Å². The molecule has 0 amide bonds. The summed E-state index contributed by atoms with van der Waals surface area (Å²) in [5.74, 6) is 2.17. The highest BCUT2D eigenvalue weighted by molar-refractivity contribution is 8.03. The minimum absolute atomic E-state index is 0.0835. The Morgan fingerprint density at radius 1 is 1.18 bits per heavy atom. The summed E-state index contributed by atoms with van der Waals surface area (Å²) in [5.41, 5.74) is 5.19. The van der Waals surface area contributed by atoms with Crippen molar-refractivity contribution in [1.82, 2.24) is 15.5 Å². The number of rotatable bonds is 11. The van der Waals surface area contributed by atoms with Crippen molar-refractivity contribution in [2.24, 2.45) is 5.18 Å². The van der Waals surface area contributed by atoms with E-state index < -0.39 is 0 Å². The number of nitrogens with zero attached hydrogens (tertiary/aromatic N) is 3. The molecule has 3 N–H and O–H groups in total. The van der Waals surface area contributed by atoms with Crippen LogP contribution >= 0.6 is 35.1 Å². The van der Waals surface area contributed by atoms with Gasteiger partial charge in [0.25, 0.3) is 0 Å².